The fraction of sp³-hybridized carbons (Fsp3) is 0.625. The molecule has 1 aliphatic heterocycles. The molecule has 0 spiro atoms. The lowest BCUT2D eigenvalue weighted by atomic mass is 9.96. The van der Waals surface area contributed by atoms with Gasteiger partial charge in [0.15, 0.2) is 0 Å². The van der Waals surface area contributed by atoms with Crippen LogP contribution in [0.2, 0.25) is 0 Å². The number of amides is 2. The van der Waals surface area contributed by atoms with E-state index in [1.165, 1.54) is 19.3 Å². The van der Waals surface area contributed by atoms with Crippen LogP contribution < -0.4 is 10.1 Å². The molecule has 116 valence electrons. The van der Waals surface area contributed by atoms with Crippen molar-refractivity contribution in [3.8, 4) is 5.88 Å². The number of hydrogen-bond acceptors (Lipinski definition) is 3. The Morgan fingerprint density at radius 1 is 1.48 bits per heavy atom. The van der Waals surface area contributed by atoms with Gasteiger partial charge in [0.1, 0.15) is 5.69 Å². The van der Waals surface area contributed by atoms with Gasteiger partial charge >= 0.3 is 6.03 Å². The maximum Gasteiger partial charge on any atom is 0.321 e. The molecular weight excluding hydrogens is 266 g/mol. The van der Waals surface area contributed by atoms with E-state index in [0.29, 0.717) is 11.6 Å². The minimum absolute atomic E-state index is 0.0570. The molecule has 1 fully saturated rings. The number of nitrogens with zero attached hydrogens (tertiary/aromatic N) is 2. The summed E-state index contributed by atoms with van der Waals surface area (Å²) < 4.78 is 5.16. The first-order valence-electron chi connectivity index (χ1n) is 7.79. The second-order valence-electron chi connectivity index (χ2n) is 5.56. The summed E-state index contributed by atoms with van der Waals surface area (Å²) in [5.74, 6) is 1.21. The van der Waals surface area contributed by atoms with Crippen LogP contribution in [0.15, 0.2) is 18.3 Å². The van der Waals surface area contributed by atoms with Gasteiger partial charge in [-0.15, -0.1) is 0 Å². The van der Waals surface area contributed by atoms with Gasteiger partial charge in [0.25, 0.3) is 0 Å². The van der Waals surface area contributed by atoms with E-state index in [4.69, 9.17) is 4.74 Å². The number of carbonyl (C=O) groups is 1. The predicted octanol–water partition coefficient (Wildman–Crippen LogP) is 3.52. The third kappa shape index (κ3) is 4.34. The lowest BCUT2D eigenvalue weighted by Gasteiger charge is -2.21. The summed E-state index contributed by atoms with van der Waals surface area (Å²) in [7, 11) is 1.55. The first-order valence-corrected chi connectivity index (χ1v) is 7.79. The van der Waals surface area contributed by atoms with Crippen molar-refractivity contribution in [2.45, 2.75) is 39.0 Å². The Hall–Kier alpha value is -1.78. The molecule has 2 rings (SSSR count). The molecule has 5 nitrogen and oxygen atoms in total. The van der Waals surface area contributed by atoms with Gasteiger partial charge in [-0.1, -0.05) is 19.8 Å². The first kappa shape index (κ1) is 15.6. The standard InChI is InChI=1S/C16H25N3O2/c1-3-6-13-7-5-11-19(12-9-13)16(20)18-14-8-4-10-17-15(14)21-2/h4,8,10,13H,3,5-7,9,11-12H2,1-2H3,(H,18,20)/t13-/m1/s1. The summed E-state index contributed by atoms with van der Waals surface area (Å²) in [5.41, 5.74) is 0.624. The highest BCUT2D eigenvalue weighted by atomic mass is 16.5. The van der Waals surface area contributed by atoms with E-state index in [9.17, 15) is 4.79 Å². The Balaban J connectivity index is 1.94. The first-order chi connectivity index (χ1) is 10.2. The second kappa shape index (κ2) is 7.86. The molecular formula is C16H25N3O2. The summed E-state index contributed by atoms with van der Waals surface area (Å²) in [4.78, 5) is 18.4. The average molecular weight is 291 g/mol. The molecule has 1 aliphatic rings. The van der Waals surface area contributed by atoms with Crippen molar-refractivity contribution in [3.05, 3.63) is 18.3 Å². The highest BCUT2D eigenvalue weighted by molar-refractivity contribution is 5.90. The van der Waals surface area contributed by atoms with Gasteiger partial charge in [0.2, 0.25) is 5.88 Å². The molecule has 1 aromatic heterocycles. The summed E-state index contributed by atoms with van der Waals surface area (Å²) in [6.07, 6.45) is 7.56. The largest absolute Gasteiger partial charge is 0.480 e. The molecule has 1 atom stereocenters. The number of hydrogen-bond donors (Lipinski definition) is 1. The molecule has 2 heterocycles. The van der Waals surface area contributed by atoms with Crippen LogP contribution in [0.4, 0.5) is 10.5 Å². The van der Waals surface area contributed by atoms with Gasteiger partial charge in [-0.3, -0.25) is 0 Å². The van der Waals surface area contributed by atoms with Crippen LogP contribution in [-0.2, 0) is 0 Å². The number of likely N-dealkylation sites (tertiary alicyclic amines) is 1. The maximum atomic E-state index is 12.4. The van der Waals surface area contributed by atoms with Gasteiger partial charge in [-0.2, -0.15) is 0 Å². The van der Waals surface area contributed by atoms with Crippen molar-refractivity contribution < 1.29 is 9.53 Å². The summed E-state index contributed by atoms with van der Waals surface area (Å²) in [5, 5.41) is 2.91. The van der Waals surface area contributed by atoms with Crippen molar-refractivity contribution in [3.63, 3.8) is 0 Å². The predicted molar refractivity (Wildman–Crippen MR) is 83.6 cm³/mol. The van der Waals surface area contributed by atoms with Crippen molar-refractivity contribution in [2.75, 3.05) is 25.5 Å². The van der Waals surface area contributed by atoms with Crippen LogP contribution in [0.1, 0.15) is 39.0 Å². The molecule has 0 aromatic carbocycles. The number of pyridine rings is 1. The van der Waals surface area contributed by atoms with Crippen molar-refractivity contribution in [2.24, 2.45) is 5.92 Å². The van der Waals surface area contributed by atoms with E-state index in [1.54, 1.807) is 25.4 Å². The number of urea groups is 1. The Kier molecular flexibility index (Phi) is 5.84. The number of ether oxygens (including phenoxy) is 1. The van der Waals surface area contributed by atoms with Crippen molar-refractivity contribution in [1.82, 2.24) is 9.88 Å². The lowest BCUT2D eigenvalue weighted by Crippen LogP contribution is -2.35. The molecule has 0 radical (unpaired) electrons. The molecule has 0 bridgehead atoms. The van der Waals surface area contributed by atoms with E-state index in [2.05, 4.69) is 17.2 Å². The van der Waals surface area contributed by atoms with Crippen LogP contribution in [0.5, 0.6) is 5.88 Å². The summed E-state index contributed by atoms with van der Waals surface area (Å²) in [6.45, 7) is 3.89. The SMILES string of the molecule is CCC[C@@H]1CCCN(C(=O)Nc2cccnc2OC)CC1. The van der Waals surface area contributed by atoms with Gasteiger partial charge in [0.05, 0.1) is 7.11 Å². The highest BCUT2D eigenvalue weighted by Crippen LogP contribution is 2.24. The minimum atomic E-state index is -0.0570. The number of anilines is 1. The van der Waals surface area contributed by atoms with E-state index >= 15 is 0 Å². The van der Waals surface area contributed by atoms with Gasteiger partial charge in [-0.25, -0.2) is 9.78 Å². The van der Waals surface area contributed by atoms with Crippen LogP contribution in [-0.4, -0.2) is 36.1 Å². The zero-order chi connectivity index (χ0) is 15.1. The number of rotatable bonds is 4. The quantitative estimate of drug-likeness (QED) is 0.923. The molecule has 1 N–H and O–H groups in total. The van der Waals surface area contributed by atoms with E-state index < -0.39 is 0 Å². The highest BCUT2D eigenvalue weighted by Gasteiger charge is 2.21. The number of nitrogens with one attached hydrogen (secondary N) is 1. The zero-order valence-electron chi connectivity index (χ0n) is 13.0. The number of carbonyl (C=O) groups excluding carboxylic acids is 1. The minimum Gasteiger partial charge on any atom is -0.480 e. The Morgan fingerprint density at radius 2 is 2.33 bits per heavy atom. The molecule has 21 heavy (non-hydrogen) atoms. The molecule has 0 unspecified atom stereocenters. The smallest absolute Gasteiger partial charge is 0.321 e. The third-order valence-corrected chi connectivity index (χ3v) is 4.04. The Morgan fingerprint density at radius 3 is 3.10 bits per heavy atom. The lowest BCUT2D eigenvalue weighted by molar-refractivity contribution is 0.212. The van der Waals surface area contributed by atoms with Crippen molar-refractivity contribution in [1.29, 1.82) is 0 Å². The fourth-order valence-electron chi connectivity index (χ4n) is 2.91. The second-order valence-corrected chi connectivity index (χ2v) is 5.56. The molecule has 5 heteroatoms. The molecule has 0 saturated carbocycles. The maximum absolute atomic E-state index is 12.4. The van der Waals surface area contributed by atoms with Gasteiger partial charge in [-0.05, 0) is 37.3 Å². The number of aromatic nitrogens is 1. The number of methoxy groups -OCH3 is 1. The Labute approximate surface area is 126 Å². The van der Waals surface area contributed by atoms with E-state index in [1.807, 2.05) is 4.90 Å². The third-order valence-electron chi connectivity index (χ3n) is 4.04. The topological polar surface area (TPSA) is 54.5 Å². The normalized spacial score (nSPS) is 19.0. The summed E-state index contributed by atoms with van der Waals surface area (Å²) >= 11 is 0. The molecule has 1 aromatic rings. The van der Waals surface area contributed by atoms with Crippen LogP contribution >= 0.6 is 0 Å². The fourth-order valence-corrected chi connectivity index (χ4v) is 2.91. The van der Waals surface area contributed by atoms with Crippen LogP contribution in [0.25, 0.3) is 0 Å². The van der Waals surface area contributed by atoms with Crippen LogP contribution in [0.3, 0.4) is 0 Å². The van der Waals surface area contributed by atoms with E-state index in [0.717, 1.165) is 31.8 Å². The van der Waals surface area contributed by atoms with Gasteiger partial charge < -0.3 is 15.0 Å². The summed E-state index contributed by atoms with van der Waals surface area (Å²) in [6, 6.07) is 3.54. The monoisotopic (exact) mass is 291 g/mol. The molecule has 2 amide bonds. The van der Waals surface area contributed by atoms with E-state index in [-0.39, 0.29) is 6.03 Å². The average Bonchev–Trinajstić information content (AvgIpc) is 2.74. The van der Waals surface area contributed by atoms with Crippen molar-refractivity contribution >= 4 is 11.7 Å². The Bertz CT molecular complexity index is 465. The molecule has 0 aliphatic carbocycles. The molecule has 1 saturated heterocycles. The van der Waals surface area contributed by atoms with Crippen LogP contribution in [0, 0.1) is 5.92 Å². The van der Waals surface area contributed by atoms with Gasteiger partial charge in [0, 0.05) is 19.3 Å². The zero-order valence-corrected chi connectivity index (χ0v) is 13.0.